The fraction of sp³-hybridized carbons (Fsp3) is 0.200. The first-order valence-electron chi connectivity index (χ1n) is 8.03. The molecule has 26 heavy (non-hydrogen) atoms. The molecule has 0 aliphatic rings. The predicted molar refractivity (Wildman–Crippen MR) is 101 cm³/mol. The van der Waals surface area contributed by atoms with Crippen LogP contribution < -0.4 is 5.32 Å². The summed E-state index contributed by atoms with van der Waals surface area (Å²) in [4.78, 5) is 24.9. The number of thioether (sulfide) groups is 1. The Labute approximate surface area is 156 Å². The van der Waals surface area contributed by atoms with Crippen LogP contribution in [0.4, 0.5) is 4.39 Å². The highest BCUT2D eigenvalue weighted by atomic mass is 32.2. The molecule has 0 saturated heterocycles. The Morgan fingerprint density at radius 1 is 1.15 bits per heavy atom. The van der Waals surface area contributed by atoms with Gasteiger partial charge in [-0.25, -0.2) is 9.18 Å². The Balaban J connectivity index is 1.80. The molecule has 2 aromatic rings. The summed E-state index contributed by atoms with van der Waals surface area (Å²) in [5, 5.41) is 2.64. The fourth-order valence-corrected chi connectivity index (χ4v) is 2.49. The van der Waals surface area contributed by atoms with E-state index >= 15 is 0 Å². The Morgan fingerprint density at radius 3 is 2.42 bits per heavy atom. The van der Waals surface area contributed by atoms with E-state index in [9.17, 15) is 14.0 Å². The summed E-state index contributed by atoms with van der Waals surface area (Å²) < 4.78 is 17.9. The van der Waals surface area contributed by atoms with Crippen LogP contribution in [-0.4, -0.2) is 24.2 Å². The standard InChI is InChI=1S/C20H20FNO3S/c1-14(20(24)22-13-16-3-8-17(21)9-4-16)25-19(23)12-7-15-5-10-18(26-2)11-6-15/h3-12,14H,13H2,1-2H3,(H,22,24)/b12-7+/t14-/m1/s1. The molecule has 0 bridgehead atoms. The van der Waals surface area contributed by atoms with Gasteiger partial charge in [0, 0.05) is 17.5 Å². The monoisotopic (exact) mass is 373 g/mol. The number of hydrogen-bond donors (Lipinski definition) is 1. The highest BCUT2D eigenvalue weighted by Crippen LogP contribution is 2.15. The zero-order valence-corrected chi connectivity index (χ0v) is 15.4. The molecule has 1 amide bonds. The topological polar surface area (TPSA) is 55.4 Å². The SMILES string of the molecule is CSc1ccc(/C=C/C(=O)O[C@H](C)C(=O)NCc2ccc(F)cc2)cc1. The van der Waals surface area contributed by atoms with Gasteiger partial charge in [0.1, 0.15) is 5.82 Å². The highest BCUT2D eigenvalue weighted by Gasteiger charge is 2.16. The molecule has 136 valence electrons. The molecule has 2 aromatic carbocycles. The molecule has 1 atom stereocenters. The van der Waals surface area contributed by atoms with Crippen molar-refractivity contribution in [3.05, 3.63) is 71.6 Å². The first-order chi connectivity index (χ1) is 12.5. The molecule has 0 radical (unpaired) electrons. The molecule has 0 fully saturated rings. The molecule has 0 unspecified atom stereocenters. The van der Waals surface area contributed by atoms with E-state index in [1.54, 1.807) is 30.0 Å². The average molecular weight is 373 g/mol. The quantitative estimate of drug-likeness (QED) is 0.456. The minimum atomic E-state index is -0.925. The van der Waals surface area contributed by atoms with Crippen molar-refractivity contribution in [3.8, 4) is 0 Å². The summed E-state index contributed by atoms with van der Waals surface area (Å²) in [6.45, 7) is 1.73. The Kier molecular flexibility index (Phi) is 7.41. The molecule has 0 aliphatic heterocycles. The molecular weight excluding hydrogens is 353 g/mol. The number of ether oxygens (including phenoxy) is 1. The second-order valence-electron chi connectivity index (χ2n) is 5.53. The van der Waals surface area contributed by atoms with E-state index in [0.717, 1.165) is 16.0 Å². The molecule has 1 N–H and O–H groups in total. The lowest BCUT2D eigenvalue weighted by Crippen LogP contribution is -2.35. The van der Waals surface area contributed by atoms with Gasteiger partial charge in [0.2, 0.25) is 0 Å². The van der Waals surface area contributed by atoms with E-state index < -0.39 is 18.0 Å². The molecule has 0 aromatic heterocycles. The van der Waals surface area contributed by atoms with Crippen molar-refractivity contribution >= 4 is 29.7 Å². The minimum Gasteiger partial charge on any atom is -0.449 e. The summed E-state index contributed by atoms with van der Waals surface area (Å²) in [5.41, 5.74) is 1.63. The fourth-order valence-electron chi connectivity index (χ4n) is 2.08. The Bertz CT molecular complexity index is 773. The predicted octanol–water partition coefficient (Wildman–Crippen LogP) is 3.81. The maximum Gasteiger partial charge on any atom is 0.331 e. The lowest BCUT2D eigenvalue weighted by atomic mass is 10.2. The van der Waals surface area contributed by atoms with E-state index in [-0.39, 0.29) is 12.4 Å². The first-order valence-corrected chi connectivity index (χ1v) is 9.25. The second kappa shape index (κ2) is 9.77. The van der Waals surface area contributed by atoms with Gasteiger partial charge >= 0.3 is 5.97 Å². The molecular formula is C20H20FNO3S. The second-order valence-corrected chi connectivity index (χ2v) is 6.41. The smallest absolute Gasteiger partial charge is 0.331 e. The van der Waals surface area contributed by atoms with Crippen molar-refractivity contribution in [2.24, 2.45) is 0 Å². The van der Waals surface area contributed by atoms with Gasteiger partial charge < -0.3 is 10.1 Å². The van der Waals surface area contributed by atoms with Gasteiger partial charge in [-0.3, -0.25) is 4.79 Å². The molecule has 0 saturated carbocycles. The molecule has 2 rings (SSSR count). The number of esters is 1. The summed E-state index contributed by atoms with van der Waals surface area (Å²) in [6.07, 6.45) is 3.99. The number of rotatable bonds is 7. The zero-order chi connectivity index (χ0) is 18.9. The summed E-state index contributed by atoms with van der Waals surface area (Å²) in [6, 6.07) is 13.5. The lowest BCUT2D eigenvalue weighted by molar-refractivity contribution is -0.150. The van der Waals surface area contributed by atoms with Crippen molar-refractivity contribution in [2.45, 2.75) is 24.5 Å². The molecule has 4 nitrogen and oxygen atoms in total. The van der Waals surface area contributed by atoms with Crippen molar-refractivity contribution < 1.29 is 18.7 Å². The average Bonchev–Trinajstić information content (AvgIpc) is 2.66. The van der Waals surface area contributed by atoms with E-state index in [0.29, 0.717) is 0 Å². The van der Waals surface area contributed by atoms with Crippen LogP contribution >= 0.6 is 11.8 Å². The summed E-state index contributed by atoms with van der Waals surface area (Å²) in [5.74, 6) is -1.35. The van der Waals surface area contributed by atoms with Gasteiger partial charge in [0.25, 0.3) is 5.91 Å². The van der Waals surface area contributed by atoms with Crippen LogP contribution in [-0.2, 0) is 20.9 Å². The highest BCUT2D eigenvalue weighted by molar-refractivity contribution is 7.98. The van der Waals surface area contributed by atoms with Gasteiger partial charge in [-0.1, -0.05) is 24.3 Å². The van der Waals surface area contributed by atoms with E-state index in [1.807, 2.05) is 30.5 Å². The lowest BCUT2D eigenvalue weighted by Gasteiger charge is -2.12. The van der Waals surface area contributed by atoms with Crippen molar-refractivity contribution in [3.63, 3.8) is 0 Å². The number of halogens is 1. The summed E-state index contributed by atoms with van der Waals surface area (Å²) >= 11 is 1.64. The van der Waals surface area contributed by atoms with Gasteiger partial charge in [-0.15, -0.1) is 11.8 Å². The maximum atomic E-state index is 12.8. The minimum absolute atomic E-state index is 0.235. The van der Waals surface area contributed by atoms with Crippen molar-refractivity contribution in [1.29, 1.82) is 0 Å². The third-order valence-electron chi connectivity index (χ3n) is 3.57. The van der Waals surface area contributed by atoms with Crippen LogP contribution in [0.5, 0.6) is 0 Å². The van der Waals surface area contributed by atoms with Crippen LogP contribution in [0.15, 0.2) is 59.5 Å². The Hall–Kier alpha value is -2.60. The zero-order valence-electron chi connectivity index (χ0n) is 14.6. The number of hydrogen-bond acceptors (Lipinski definition) is 4. The number of carbonyl (C=O) groups excluding carboxylic acids is 2. The number of carbonyl (C=O) groups is 2. The van der Waals surface area contributed by atoms with Crippen molar-refractivity contribution in [2.75, 3.05) is 6.26 Å². The van der Waals surface area contributed by atoms with E-state index in [1.165, 1.54) is 25.1 Å². The van der Waals surface area contributed by atoms with Crippen molar-refractivity contribution in [1.82, 2.24) is 5.32 Å². The van der Waals surface area contributed by atoms with Crippen LogP contribution in [0.2, 0.25) is 0 Å². The van der Waals surface area contributed by atoms with E-state index in [2.05, 4.69) is 5.32 Å². The van der Waals surface area contributed by atoms with Gasteiger partial charge in [-0.05, 0) is 54.6 Å². The Morgan fingerprint density at radius 2 is 1.81 bits per heavy atom. The van der Waals surface area contributed by atoms with Crippen LogP contribution in [0, 0.1) is 5.82 Å². The first kappa shape index (κ1) is 19.7. The third kappa shape index (κ3) is 6.37. The van der Waals surface area contributed by atoms with Gasteiger partial charge in [0.05, 0.1) is 0 Å². The summed E-state index contributed by atoms with van der Waals surface area (Å²) in [7, 11) is 0. The normalized spacial score (nSPS) is 12.0. The molecule has 0 aliphatic carbocycles. The van der Waals surface area contributed by atoms with Crippen LogP contribution in [0.25, 0.3) is 6.08 Å². The van der Waals surface area contributed by atoms with Gasteiger partial charge in [-0.2, -0.15) is 0 Å². The number of nitrogens with one attached hydrogen (secondary N) is 1. The van der Waals surface area contributed by atoms with Crippen LogP contribution in [0.1, 0.15) is 18.1 Å². The number of benzene rings is 2. The van der Waals surface area contributed by atoms with E-state index in [4.69, 9.17) is 4.74 Å². The molecule has 0 heterocycles. The molecule has 0 spiro atoms. The molecule has 6 heteroatoms. The maximum absolute atomic E-state index is 12.8. The number of amides is 1. The third-order valence-corrected chi connectivity index (χ3v) is 4.31. The van der Waals surface area contributed by atoms with Gasteiger partial charge in [0.15, 0.2) is 6.10 Å². The van der Waals surface area contributed by atoms with Crippen LogP contribution in [0.3, 0.4) is 0 Å². The largest absolute Gasteiger partial charge is 0.449 e.